The Morgan fingerprint density at radius 2 is 1.82 bits per heavy atom. The predicted octanol–water partition coefficient (Wildman–Crippen LogP) is 0.0368. The highest BCUT2D eigenvalue weighted by molar-refractivity contribution is 6.02. The third-order valence-corrected chi connectivity index (χ3v) is 1.77. The van der Waals surface area contributed by atoms with E-state index in [9.17, 15) is 9.59 Å². The number of primary amides is 1. The Hall–Kier alpha value is -1.32. The van der Waals surface area contributed by atoms with Gasteiger partial charge in [0.15, 0.2) is 0 Å². The van der Waals surface area contributed by atoms with Gasteiger partial charge in [-0.05, 0) is 19.3 Å². The van der Waals surface area contributed by atoms with Crippen LogP contribution in [0.25, 0.3) is 0 Å². The van der Waals surface area contributed by atoms with Gasteiger partial charge in [0.1, 0.15) is 0 Å². The molecule has 1 rings (SSSR count). The predicted molar refractivity (Wildman–Crippen MR) is 37.7 cm³/mol. The van der Waals surface area contributed by atoms with Crippen molar-refractivity contribution in [3.63, 3.8) is 0 Å². The first kappa shape index (κ1) is 7.78. The van der Waals surface area contributed by atoms with Gasteiger partial charge in [-0.15, -0.1) is 0 Å². The average molecular weight is 155 g/mol. The summed E-state index contributed by atoms with van der Waals surface area (Å²) in [6, 6.07) is 0. The first-order valence-corrected chi connectivity index (χ1v) is 3.38. The Labute approximate surface area is 63.7 Å². The standard InChI is InChI=1S/C7H9NO3/c8-6(9)4-2-1-3-5(4)7(10)11/h1-3H2,(H2,8,9)(H,10,11). The first-order chi connectivity index (χ1) is 5.13. The molecule has 60 valence electrons. The minimum Gasteiger partial charge on any atom is -0.478 e. The molecule has 0 aromatic heterocycles. The molecule has 0 spiro atoms. The van der Waals surface area contributed by atoms with Gasteiger partial charge in [-0.25, -0.2) is 4.79 Å². The summed E-state index contributed by atoms with van der Waals surface area (Å²) in [5.74, 6) is -1.61. The molecule has 0 heterocycles. The van der Waals surface area contributed by atoms with Crippen molar-refractivity contribution >= 4 is 11.9 Å². The van der Waals surface area contributed by atoms with Crippen LogP contribution in [-0.2, 0) is 9.59 Å². The number of nitrogens with two attached hydrogens (primary N) is 1. The number of rotatable bonds is 2. The average Bonchev–Trinajstić information content (AvgIpc) is 2.32. The zero-order valence-corrected chi connectivity index (χ0v) is 5.96. The molecule has 4 heteroatoms. The molecule has 0 aliphatic heterocycles. The minimum absolute atomic E-state index is 0.192. The fourth-order valence-electron chi connectivity index (χ4n) is 1.25. The van der Waals surface area contributed by atoms with Gasteiger partial charge in [0.2, 0.25) is 5.91 Å². The fraction of sp³-hybridized carbons (Fsp3) is 0.429. The molecule has 4 nitrogen and oxygen atoms in total. The SMILES string of the molecule is NC(=O)C1=C(C(=O)O)CCC1. The number of amides is 1. The summed E-state index contributed by atoms with van der Waals surface area (Å²) in [6.07, 6.45) is 1.70. The van der Waals surface area contributed by atoms with Gasteiger partial charge in [-0.2, -0.15) is 0 Å². The van der Waals surface area contributed by atoms with Crippen molar-refractivity contribution in [2.24, 2.45) is 5.73 Å². The van der Waals surface area contributed by atoms with Crippen LogP contribution < -0.4 is 5.73 Å². The Kier molecular flexibility index (Phi) is 1.94. The normalized spacial score (nSPS) is 17.1. The van der Waals surface area contributed by atoms with Gasteiger partial charge >= 0.3 is 5.97 Å². The maximum Gasteiger partial charge on any atom is 0.332 e. The molecule has 0 saturated heterocycles. The Balaban J connectivity index is 2.95. The molecule has 1 aliphatic carbocycles. The van der Waals surface area contributed by atoms with E-state index in [1.54, 1.807) is 0 Å². The van der Waals surface area contributed by atoms with Crippen molar-refractivity contribution in [3.05, 3.63) is 11.1 Å². The van der Waals surface area contributed by atoms with Crippen LogP contribution >= 0.6 is 0 Å². The molecular weight excluding hydrogens is 146 g/mol. The first-order valence-electron chi connectivity index (χ1n) is 3.38. The van der Waals surface area contributed by atoms with E-state index in [0.29, 0.717) is 12.8 Å². The van der Waals surface area contributed by atoms with E-state index in [2.05, 4.69) is 0 Å². The molecule has 1 aliphatic rings. The van der Waals surface area contributed by atoms with Gasteiger partial charge < -0.3 is 10.8 Å². The van der Waals surface area contributed by atoms with E-state index < -0.39 is 11.9 Å². The second-order valence-corrected chi connectivity index (χ2v) is 2.48. The van der Waals surface area contributed by atoms with Gasteiger partial charge in [-0.3, -0.25) is 4.79 Å². The van der Waals surface area contributed by atoms with E-state index in [1.807, 2.05) is 0 Å². The monoisotopic (exact) mass is 155 g/mol. The van der Waals surface area contributed by atoms with Crippen molar-refractivity contribution in [1.82, 2.24) is 0 Å². The number of hydrogen-bond acceptors (Lipinski definition) is 2. The molecular formula is C7H9NO3. The van der Waals surface area contributed by atoms with Crippen LogP contribution in [-0.4, -0.2) is 17.0 Å². The van der Waals surface area contributed by atoms with Crippen LogP contribution in [0.4, 0.5) is 0 Å². The van der Waals surface area contributed by atoms with E-state index >= 15 is 0 Å². The van der Waals surface area contributed by atoms with Crippen molar-refractivity contribution in [2.75, 3.05) is 0 Å². The van der Waals surface area contributed by atoms with Crippen LogP contribution in [0.2, 0.25) is 0 Å². The summed E-state index contributed by atoms with van der Waals surface area (Å²) >= 11 is 0. The van der Waals surface area contributed by atoms with Gasteiger partial charge in [0.05, 0.1) is 0 Å². The lowest BCUT2D eigenvalue weighted by molar-refractivity contribution is -0.133. The number of hydrogen-bond donors (Lipinski definition) is 2. The van der Waals surface area contributed by atoms with E-state index in [0.717, 1.165) is 6.42 Å². The molecule has 0 atom stereocenters. The maximum absolute atomic E-state index is 10.6. The summed E-state index contributed by atoms with van der Waals surface area (Å²) in [4.78, 5) is 21.1. The van der Waals surface area contributed by atoms with Crippen molar-refractivity contribution < 1.29 is 14.7 Å². The number of carboxylic acids is 1. The molecule has 0 aromatic carbocycles. The van der Waals surface area contributed by atoms with Crippen molar-refractivity contribution in [1.29, 1.82) is 0 Å². The minimum atomic E-state index is -1.02. The second kappa shape index (κ2) is 2.74. The lowest BCUT2D eigenvalue weighted by Crippen LogP contribution is -2.15. The summed E-state index contributed by atoms with van der Waals surface area (Å²) in [6.45, 7) is 0. The summed E-state index contributed by atoms with van der Waals surface area (Å²) in [5.41, 5.74) is 5.45. The summed E-state index contributed by atoms with van der Waals surface area (Å²) < 4.78 is 0. The highest BCUT2D eigenvalue weighted by Gasteiger charge is 2.23. The van der Waals surface area contributed by atoms with Gasteiger partial charge in [-0.1, -0.05) is 0 Å². The number of carboxylic acid groups (broad SMARTS) is 1. The maximum atomic E-state index is 10.6. The van der Waals surface area contributed by atoms with Crippen LogP contribution in [0.15, 0.2) is 11.1 Å². The third kappa shape index (κ3) is 1.39. The number of carbonyl (C=O) groups excluding carboxylic acids is 1. The van der Waals surface area contributed by atoms with Crippen LogP contribution in [0.3, 0.4) is 0 Å². The Morgan fingerprint density at radius 1 is 1.27 bits per heavy atom. The second-order valence-electron chi connectivity index (χ2n) is 2.48. The molecule has 3 N–H and O–H groups in total. The van der Waals surface area contributed by atoms with E-state index in [4.69, 9.17) is 10.8 Å². The van der Waals surface area contributed by atoms with E-state index in [1.165, 1.54) is 0 Å². The summed E-state index contributed by atoms with van der Waals surface area (Å²) in [7, 11) is 0. The fourth-order valence-corrected chi connectivity index (χ4v) is 1.25. The molecule has 0 saturated carbocycles. The number of carbonyl (C=O) groups is 2. The van der Waals surface area contributed by atoms with Gasteiger partial charge in [0.25, 0.3) is 0 Å². The zero-order chi connectivity index (χ0) is 8.43. The molecule has 0 aromatic rings. The zero-order valence-electron chi connectivity index (χ0n) is 5.96. The molecule has 11 heavy (non-hydrogen) atoms. The van der Waals surface area contributed by atoms with Crippen molar-refractivity contribution in [2.45, 2.75) is 19.3 Å². The lowest BCUT2D eigenvalue weighted by Gasteiger charge is -1.96. The highest BCUT2D eigenvalue weighted by atomic mass is 16.4. The molecule has 1 amide bonds. The molecule has 0 unspecified atom stereocenters. The smallest absolute Gasteiger partial charge is 0.332 e. The summed E-state index contributed by atoms with van der Waals surface area (Å²) in [5, 5.41) is 8.57. The molecule has 0 fully saturated rings. The Bertz CT molecular complexity index is 218. The van der Waals surface area contributed by atoms with Crippen LogP contribution in [0, 0.1) is 0 Å². The third-order valence-electron chi connectivity index (χ3n) is 1.77. The van der Waals surface area contributed by atoms with E-state index in [-0.39, 0.29) is 11.1 Å². The highest BCUT2D eigenvalue weighted by Crippen LogP contribution is 2.25. The topological polar surface area (TPSA) is 80.4 Å². The largest absolute Gasteiger partial charge is 0.478 e. The number of aliphatic carboxylic acids is 1. The Morgan fingerprint density at radius 3 is 2.18 bits per heavy atom. The molecule has 0 radical (unpaired) electrons. The van der Waals surface area contributed by atoms with Crippen LogP contribution in [0.1, 0.15) is 19.3 Å². The quantitative estimate of drug-likeness (QED) is 0.590. The van der Waals surface area contributed by atoms with Crippen LogP contribution in [0.5, 0.6) is 0 Å². The lowest BCUT2D eigenvalue weighted by atomic mass is 10.1. The van der Waals surface area contributed by atoms with Gasteiger partial charge in [0, 0.05) is 11.1 Å². The molecule has 0 bridgehead atoms. The van der Waals surface area contributed by atoms with Crippen molar-refractivity contribution in [3.8, 4) is 0 Å².